The van der Waals surface area contributed by atoms with Gasteiger partial charge in [-0.25, -0.2) is 8.42 Å². The van der Waals surface area contributed by atoms with Crippen molar-refractivity contribution in [2.45, 2.75) is 49.5 Å². The lowest BCUT2D eigenvalue weighted by molar-refractivity contribution is 0.0736. The normalized spacial score (nSPS) is 20.7. The standard InChI is InChI=1S/C23H28N2O3S/c26-23(25-17-7-10-21(25)18-19-8-3-1-4-9-19)20-11-13-22(14-12-20)29(27,28)24-15-5-2-6-16-24/h1,3-4,8-9,11-14,21H,2,5-7,10,15-18H2. The Hall–Kier alpha value is -2.18. The van der Waals surface area contributed by atoms with E-state index in [1.165, 1.54) is 5.56 Å². The molecule has 4 rings (SSSR count). The number of piperidine rings is 1. The number of carbonyl (C=O) groups excluding carboxylic acids is 1. The number of carbonyl (C=O) groups is 1. The van der Waals surface area contributed by atoms with E-state index in [2.05, 4.69) is 12.1 Å². The summed E-state index contributed by atoms with van der Waals surface area (Å²) in [5.41, 5.74) is 1.79. The van der Waals surface area contributed by atoms with E-state index in [0.29, 0.717) is 18.7 Å². The molecule has 1 amide bonds. The second kappa shape index (κ2) is 8.67. The Morgan fingerprint density at radius 1 is 0.862 bits per heavy atom. The van der Waals surface area contributed by atoms with Crippen LogP contribution in [0.2, 0.25) is 0 Å². The molecule has 2 saturated heterocycles. The molecule has 0 radical (unpaired) electrons. The van der Waals surface area contributed by atoms with Gasteiger partial charge in [-0.2, -0.15) is 4.31 Å². The van der Waals surface area contributed by atoms with Crippen molar-refractivity contribution in [2.75, 3.05) is 19.6 Å². The van der Waals surface area contributed by atoms with Crippen LogP contribution >= 0.6 is 0 Å². The van der Waals surface area contributed by atoms with Crippen molar-refractivity contribution in [3.8, 4) is 0 Å². The molecule has 0 spiro atoms. The van der Waals surface area contributed by atoms with Gasteiger partial charge in [-0.1, -0.05) is 36.8 Å². The number of benzene rings is 2. The Morgan fingerprint density at radius 2 is 1.55 bits per heavy atom. The molecule has 1 atom stereocenters. The first kappa shape index (κ1) is 20.1. The molecule has 0 bridgehead atoms. The topological polar surface area (TPSA) is 57.7 Å². The fourth-order valence-corrected chi connectivity index (χ4v) is 5.91. The molecule has 0 N–H and O–H groups in total. The highest BCUT2D eigenvalue weighted by atomic mass is 32.2. The van der Waals surface area contributed by atoms with Gasteiger partial charge in [-0.15, -0.1) is 0 Å². The third kappa shape index (κ3) is 4.38. The Kier molecular flexibility index (Phi) is 6.01. The lowest BCUT2D eigenvalue weighted by Crippen LogP contribution is -2.37. The first-order chi connectivity index (χ1) is 14.1. The molecular weight excluding hydrogens is 384 g/mol. The van der Waals surface area contributed by atoms with E-state index in [-0.39, 0.29) is 16.8 Å². The quantitative estimate of drug-likeness (QED) is 0.752. The molecule has 0 aliphatic carbocycles. The first-order valence-electron chi connectivity index (χ1n) is 10.5. The summed E-state index contributed by atoms with van der Waals surface area (Å²) in [7, 11) is -3.47. The zero-order valence-corrected chi connectivity index (χ0v) is 17.5. The summed E-state index contributed by atoms with van der Waals surface area (Å²) < 4.78 is 27.2. The number of hydrogen-bond acceptors (Lipinski definition) is 3. The summed E-state index contributed by atoms with van der Waals surface area (Å²) in [5.74, 6) is -0.00893. The minimum Gasteiger partial charge on any atom is -0.335 e. The Bertz CT molecular complexity index is 936. The molecule has 6 heteroatoms. The van der Waals surface area contributed by atoms with Crippen LogP contribution in [0.5, 0.6) is 0 Å². The van der Waals surface area contributed by atoms with Crippen LogP contribution in [-0.2, 0) is 16.4 Å². The van der Waals surface area contributed by atoms with Crippen molar-refractivity contribution in [3.05, 3.63) is 65.7 Å². The van der Waals surface area contributed by atoms with Crippen molar-refractivity contribution >= 4 is 15.9 Å². The molecule has 5 nitrogen and oxygen atoms in total. The van der Waals surface area contributed by atoms with E-state index in [1.54, 1.807) is 28.6 Å². The van der Waals surface area contributed by atoms with Gasteiger partial charge < -0.3 is 4.90 Å². The molecule has 0 saturated carbocycles. The van der Waals surface area contributed by atoms with Crippen molar-refractivity contribution in [1.29, 1.82) is 0 Å². The van der Waals surface area contributed by atoms with Gasteiger partial charge in [-0.05, 0) is 61.9 Å². The second-order valence-electron chi connectivity index (χ2n) is 7.97. The van der Waals surface area contributed by atoms with Crippen LogP contribution in [0.4, 0.5) is 0 Å². The number of sulfonamides is 1. The largest absolute Gasteiger partial charge is 0.335 e. The highest BCUT2D eigenvalue weighted by molar-refractivity contribution is 7.89. The van der Waals surface area contributed by atoms with Gasteiger partial charge in [0.1, 0.15) is 0 Å². The molecule has 2 aliphatic heterocycles. The zero-order chi connectivity index (χ0) is 20.3. The third-order valence-corrected chi connectivity index (χ3v) is 7.92. The second-order valence-corrected chi connectivity index (χ2v) is 9.91. The van der Waals surface area contributed by atoms with Crippen LogP contribution < -0.4 is 0 Å². The maximum atomic E-state index is 13.1. The number of likely N-dealkylation sites (tertiary alicyclic amines) is 1. The number of nitrogens with zero attached hydrogens (tertiary/aromatic N) is 2. The maximum Gasteiger partial charge on any atom is 0.254 e. The molecule has 154 valence electrons. The lowest BCUT2D eigenvalue weighted by Gasteiger charge is -2.26. The zero-order valence-electron chi connectivity index (χ0n) is 16.7. The number of rotatable bonds is 5. The van der Waals surface area contributed by atoms with Gasteiger partial charge in [0, 0.05) is 31.2 Å². The van der Waals surface area contributed by atoms with Gasteiger partial charge in [-0.3, -0.25) is 4.79 Å². The average Bonchev–Trinajstić information content (AvgIpc) is 3.22. The number of amides is 1. The SMILES string of the molecule is O=C(c1ccc(S(=O)(=O)N2CCCCC2)cc1)N1CCCC1Cc1ccccc1. The highest BCUT2D eigenvalue weighted by Gasteiger charge is 2.30. The molecule has 2 aromatic carbocycles. The fraction of sp³-hybridized carbons (Fsp3) is 0.435. The summed E-state index contributed by atoms with van der Waals surface area (Å²) in [6.07, 6.45) is 5.77. The Balaban J connectivity index is 1.47. The highest BCUT2D eigenvalue weighted by Crippen LogP contribution is 2.25. The van der Waals surface area contributed by atoms with Crippen LogP contribution in [0, 0.1) is 0 Å². The molecule has 2 aliphatic rings. The smallest absolute Gasteiger partial charge is 0.254 e. The molecule has 1 unspecified atom stereocenters. The predicted octanol–water partition coefficient (Wildman–Crippen LogP) is 3.71. The van der Waals surface area contributed by atoms with Gasteiger partial charge in [0.2, 0.25) is 10.0 Å². The average molecular weight is 413 g/mol. The van der Waals surface area contributed by atoms with Crippen molar-refractivity contribution in [1.82, 2.24) is 9.21 Å². The summed E-state index contributed by atoms with van der Waals surface area (Å²) in [5, 5.41) is 0. The van der Waals surface area contributed by atoms with Gasteiger partial charge in [0.25, 0.3) is 5.91 Å². The van der Waals surface area contributed by atoms with Gasteiger partial charge in [0.15, 0.2) is 0 Å². The molecule has 2 aromatic rings. The van der Waals surface area contributed by atoms with E-state index in [0.717, 1.165) is 45.1 Å². The van der Waals surface area contributed by atoms with Gasteiger partial charge >= 0.3 is 0 Å². The molecule has 29 heavy (non-hydrogen) atoms. The summed E-state index contributed by atoms with van der Waals surface area (Å²) in [6.45, 7) is 1.92. The Morgan fingerprint density at radius 3 is 2.24 bits per heavy atom. The minimum atomic E-state index is -3.47. The minimum absolute atomic E-state index is 0.00893. The monoisotopic (exact) mass is 412 g/mol. The number of hydrogen-bond donors (Lipinski definition) is 0. The molecule has 2 heterocycles. The predicted molar refractivity (Wildman–Crippen MR) is 113 cm³/mol. The summed E-state index contributed by atoms with van der Waals surface area (Å²) in [4.78, 5) is 15.3. The molecule has 0 aromatic heterocycles. The first-order valence-corrected chi connectivity index (χ1v) is 11.9. The van der Waals surface area contributed by atoms with E-state index >= 15 is 0 Å². The van der Waals surface area contributed by atoms with Crippen LogP contribution in [0.1, 0.15) is 48.0 Å². The maximum absolute atomic E-state index is 13.1. The van der Waals surface area contributed by atoms with Crippen LogP contribution in [0.25, 0.3) is 0 Å². The van der Waals surface area contributed by atoms with E-state index in [4.69, 9.17) is 0 Å². The van der Waals surface area contributed by atoms with Crippen molar-refractivity contribution in [3.63, 3.8) is 0 Å². The lowest BCUT2D eigenvalue weighted by atomic mass is 10.0. The fourth-order valence-electron chi connectivity index (χ4n) is 4.39. The van der Waals surface area contributed by atoms with Crippen molar-refractivity contribution in [2.24, 2.45) is 0 Å². The van der Waals surface area contributed by atoms with Crippen molar-refractivity contribution < 1.29 is 13.2 Å². The van der Waals surface area contributed by atoms with E-state index in [9.17, 15) is 13.2 Å². The molecule has 2 fully saturated rings. The van der Waals surface area contributed by atoms with Gasteiger partial charge in [0.05, 0.1) is 4.90 Å². The van der Waals surface area contributed by atoms with Crippen LogP contribution in [0.15, 0.2) is 59.5 Å². The van der Waals surface area contributed by atoms with Crippen LogP contribution in [0.3, 0.4) is 0 Å². The van der Waals surface area contributed by atoms with Crippen LogP contribution in [-0.4, -0.2) is 49.2 Å². The van der Waals surface area contributed by atoms with E-state index < -0.39 is 10.0 Å². The van der Waals surface area contributed by atoms with E-state index in [1.807, 2.05) is 23.1 Å². The summed E-state index contributed by atoms with van der Waals surface area (Å²) >= 11 is 0. The Labute approximate surface area is 173 Å². The molecular formula is C23H28N2O3S. The summed E-state index contributed by atoms with van der Waals surface area (Å²) in [6, 6.07) is 16.9. The third-order valence-electron chi connectivity index (χ3n) is 6.01.